The van der Waals surface area contributed by atoms with Crippen molar-refractivity contribution in [2.24, 2.45) is 0 Å². The molecule has 1 fully saturated rings. The zero-order chi connectivity index (χ0) is 23.8. The number of hydroxylamine groups is 1. The van der Waals surface area contributed by atoms with Gasteiger partial charge < -0.3 is 14.6 Å². The molecule has 0 spiro atoms. The van der Waals surface area contributed by atoms with Crippen LogP contribution in [0.25, 0.3) is 17.0 Å². The minimum absolute atomic E-state index is 0.102. The Hall–Kier alpha value is -3.46. The van der Waals surface area contributed by atoms with Gasteiger partial charge in [-0.1, -0.05) is 42.5 Å². The van der Waals surface area contributed by atoms with E-state index < -0.39 is 5.91 Å². The van der Waals surface area contributed by atoms with Crippen LogP contribution in [0.3, 0.4) is 0 Å². The molecule has 0 unspecified atom stereocenters. The lowest BCUT2D eigenvalue weighted by Crippen LogP contribution is -2.45. The number of carbonyl (C=O) groups is 2. The Morgan fingerprint density at radius 3 is 2.65 bits per heavy atom. The fourth-order valence-electron chi connectivity index (χ4n) is 4.10. The average Bonchev–Trinajstić information content (AvgIpc) is 3.29. The molecular formula is C26H30N4O4. The van der Waals surface area contributed by atoms with Gasteiger partial charge in [-0.15, -0.1) is 0 Å². The highest BCUT2D eigenvalue weighted by Crippen LogP contribution is 2.19. The first kappa shape index (κ1) is 23.7. The van der Waals surface area contributed by atoms with Crippen molar-refractivity contribution in [3.8, 4) is 0 Å². The Morgan fingerprint density at radius 1 is 1.12 bits per heavy atom. The normalized spacial score (nSPS) is 14.5. The summed E-state index contributed by atoms with van der Waals surface area (Å²) in [7, 11) is 0. The quantitative estimate of drug-likeness (QED) is 0.258. The highest BCUT2D eigenvalue weighted by molar-refractivity contribution is 5.90. The average molecular weight is 463 g/mol. The lowest BCUT2D eigenvalue weighted by molar-refractivity contribution is -0.134. The molecule has 0 aliphatic carbocycles. The number of fused-ring (bicyclic) bond motifs is 1. The van der Waals surface area contributed by atoms with Gasteiger partial charge in [0.25, 0.3) is 5.91 Å². The number of hydrogen-bond donors (Lipinski definition) is 3. The molecule has 3 aromatic rings. The van der Waals surface area contributed by atoms with Gasteiger partial charge in [-0.2, -0.15) is 0 Å². The number of morpholine rings is 1. The number of hydrogen-bond acceptors (Lipinski definition) is 5. The van der Waals surface area contributed by atoms with E-state index >= 15 is 0 Å². The number of ether oxygens (including phenoxy) is 1. The van der Waals surface area contributed by atoms with Crippen LogP contribution in [0.5, 0.6) is 0 Å². The fraction of sp³-hybridized carbons (Fsp3) is 0.308. The van der Waals surface area contributed by atoms with Gasteiger partial charge in [0, 0.05) is 49.4 Å². The number of amides is 2. The molecule has 1 aliphatic heterocycles. The molecule has 2 aromatic carbocycles. The summed E-state index contributed by atoms with van der Waals surface area (Å²) in [6.45, 7) is 4.36. The summed E-state index contributed by atoms with van der Waals surface area (Å²) in [6, 6.07) is 15.9. The van der Waals surface area contributed by atoms with Crippen molar-refractivity contribution in [3.63, 3.8) is 0 Å². The van der Waals surface area contributed by atoms with Crippen molar-refractivity contribution in [2.75, 3.05) is 39.4 Å². The molecule has 4 rings (SSSR count). The SMILES string of the molecule is O=C(/C=C/c1ccc(CN(CCc2c[nH]c3ccccc23)C(=O)CN2CCOCC2)cc1)NO. The van der Waals surface area contributed by atoms with E-state index in [1.165, 1.54) is 17.0 Å². The molecule has 3 N–H and O–H groups in total. The smallest absolute Gasteiger partial charge is 0.267 e. The molecule has 1 saturated heterocycles. The van der Waals surface area contributed by atoms with Gasteiger partial charge in [0.1, 0.15) is 0 Å². The maximum Gasteiger partial charge on any atom is 0.267 e. The van der Waals surface area contributed by atoms with Crippen LogP contribution in [-0.4, -0.2) is 71.2 Å². The number of aromatic amines is 1. The van der Waals surface area contributed by atoms with Gasteiger partial charge in [0.15, 0.2) is 0 Å². The molecular weight excluding hydrogens is 432 g/mol. The van der Waals surface area contributed by atoms with E-state index in [0.29, 0.717) is 32.8 Å². The number of aromatic nitrogens is 1. The predicted octanol–water partition coefficient (Wildman–Crippen LogP) is 2.59. The van der Waals surface area contributed by atoms with Crippen molar-refractivity contribution in [1.29, 1.82) is 0 Å². The summed E-state index contributed by atoms with van der Waals surface area (Å²) in [5, 5.41) is 9.79. The Kier molecular flexibility index (Phi) is 8.08. The standard InChI is InChI=1S/C26H30N4O4/c31-25(28-33)10-9-20-5-7-21(8-6-20)18-30(26(32)19-29-13-15-34-16-14-29)12-11-22-17-27-24-4-2-1-3-23(22)24/h1-10,17,27,33H,11-16,18-19H2,(H,28,31)/b10-9+. The predicted molar refractivity (Wildman–Crippen MR) is 130 cm³/mol. The zero-order valence-electron chi connectivity index (χ0n) is 19.1. The number of benzene rings is 2. The third-order valence-electron chi connectivity index (χ3n) is 6.03. The van der Waals surface area contributed by atoms with E-state index in [0.717, 1.165) is 36.2 Å². The van der Waals surface area contributed by atoms with Gasteiger partial charge in [-0.3, -0.25) is 19.7 Å². The van der Waals surface area contributed by atoms with Crippen molar-refractivity contribution in [1.82, 2.24) is 20.3 Å². The van der Waals surface area contributed by atoms with E-state index in [1.807, 2.05) is 47.5 Å². The monoisotopic (exact) mass is 462 g/mol. The van der Waals surface area contributed by atoms with Crippen molar-refractivity contribution in [2.45, 2.75) is 13.0 Å². The Morgan fingerprint density at radius 2 is 1.88 bits per heavy atom. The van der Waals surface area contributed by atoms with Gasteiger partial charge in [0.05, 0.1) is 19.8 Å². The molecule has 34 heavy (non-hydrogen) atoms. The van der Waals surface area contributed by atoms with Crippen LogP contribution in [0.4, 0.5) is 0 Å². The molecule has 2 amide bonds. The van der Waals surface area contributed by atoms with Crippen LogP contribution in [0.1, 0.15) is 16.7 Å². The van der Waals surface area contributed by atoms with Gasteiger partial charge in [-0.25, -0.2) is 5.48 Å². The molecule has 8 nitrogen and oxygen atoms in total. The summed E-state index contributed by atoms with van der Waals surface area (Å²) in [6.07, 6.45) is 5.66. The highest BCUT2D eigenvalue weighted by atomic mass is 16.5. The number of para-hydroxylation sites is 1. The Labute approximate surface area is 198 Å². The molecule has 8 heteroatoms. The number of carbonyl (C=O) groups excluding carboxylic acids is 2. The van der Waals surface area contributed by atoms with Crippen LogP contribution in [0.2, 0.25) is 0 Å². The third kappa shape index (κ3) is 6.32. The number of rotatable bonds is 9. The highest BCUT2D eigenvalue weighted by Gasteiger charge is 2.20. The lowest BCUT2D eigenvalue weighted by Gasteiger charge is -2.30. The summed E-state index contributed by atoms with van der Waals surface area (Å²) < 4.78 is 5.41. The fourth-order valence-corrected chi connectivity index (χ4v) is 4.10. The second-order valence-corrected chi connectivity index (χ2v) is 8.36. The Bertz CT molecular complexity index is 1130. The molecule has 0 radical (unpaired) electrons. The molecule has 1 aliphatic rings. The number of H-pyrrole nitrogens is 1. The molecule has 0 bridgehead atoms. The topological polar surface area (TPSA) is 97.9 Å². The van der Waals surface area contributed by atoms with Crippen molar-refractivity contribution in [3.05, 3.63) is 77.5 Å². The molecule has 2 heterocycles. The number of nitrogens with zero attached hydrogens (tertiary/aromatic N) is 2. The van der Waals surface area contributed by atoms with E-state index in [2.05, 4.69) is 22.0 Å². The van der Waals surface area contributed by atoms with Crippen LogP contribution in [0, 0.1) is 0 Å². The molecule has 0 saturated carbocycles. The molecule has 178 valence electrons. The maximum atomic E-state index is 13.3. The van der Waals surface area contributed by atoms with Gasteiger partial charge >= 0.3 is 0 Å². The van der Waals surface area contributed by atoms with Crippen molar-refractivity contribution < 1.29 is 19.5 Å². The summed E-state index contributed by atoms with van der Waals surface area (Å²) in [4.78, 5) is 31.8. The van der Waals surface area contributed by atoms with E-state index in [4.69, 9.17) is 9.94 Å². The largest absolute Gasteiger partial charge is 0.379 e. The summed E-state index contributed by atoms with van der Waals surface area (Å²) in [5.74, 6) is -0.480. The van der Waals surface area contributed by atoms with Crippen LogP contribution >= 0.6 is 0 Å². The third-order valence-corrected chi connectivity index (χ3v) is 6.03. The first-order valence-corrected chi connectivity index (χ1v) is 11.5. The first-order chi connectivity index (χ1) is 16.6. The summed E-state index contributed by atoms with van der Waals surface area (Å²) >= 11 is 0. The van der Waals surface area contributed by atoms with Crippen molar-refractivity contribution >= 4 is 28.8 Å². The van der Waals surface area contributed by atoms with Crippen LogP contribution in [-0.2, 0) is 27.3 Å². The van der Waals surface area contributed by atoms with E-state index in [1.54, 1.807) is 11.6 Å². The van der Waals surface area contributed by atoms with Gasteiger partial charge in [-0.05, 0) is 35.3 Å². The van der Waals surface area contributed by atoms with E-state index in [9.17, 15) is 9.59 Å². The minimum atomic E-state index is -0.582. The van der Waals surface area contributed by atoms with Gasteiger partial charge in [0.2, 0.25) is 5.91 Å². The van der Waals surface area contributed by atoms with Crippen LogP contribution < -0.4 is 5.48 Å². The maximum absolute atomic E-state index is 13.3. The Balaban J connectivity index is 1.45. The minimum Gasteiger partial charge on any atom is -0.379 e. The van der Waals surface area contributed by atoms with E-state index in [-0.39, 0.29) is 5.91 Å². The zero-order valence-corrected chi connectivity index (χ0v) is 19.1. The second kappa shape index (κ2) is 11.6. The van der Waals surface area contributed by atoms with Crippen LogP contribution in [0.15, 0.2) is 60.8 Å². The molecule has 0 atom stereocenters. The first-order valence-electron chi connectivity index (χ1n) is 11.5. The molecule has 1 aromatic heterocycles. The summed E-state index contributed by atoms with van der Waals surface area (Å²) in [5.41, 5.74) is 5.71. The number of nitrogens with one attached hydrogen (secondary N) is 2. The second-order valence-electron chi connectivity index (χ2n) is 8.36. The lowest BCUT2D eigenvalue weighted by atomic mass is 10.1.